The van der Waals surface area contributed by atoms with E-state index in [0.29, 0.717) is 18.0 Å². The standard InChI is InChI=1S/C14H17N3O2/c1-9(2)13-16-15-10(3)17(13)8-11-4-6-12(7-5-11)14(18)19/h4-7,9H,8H2,1-3H3,(H,18,19). The van der Waals surface area contributed by atoms with Gasteiger partial charge in [0.1, 0.15) is 11.6 Å². The van der Waals surface area contributed by atoms with E-state index in [1.54, 1.807) is 12.1 Å². The molecule has 0 unspecified atom stereocenters. The van der Waals surface area contributed by atoms with Crippen molar-refractivity contribution < 1.29 is 9.90 Å². The first kappa shape index (κ1) is 13.3. The number of aryl methyl sites for hydroxylation is 1. The van der Waals surface area contributed by atoms with Gasteiger partial charge in [-0.2, -0.15) is 0 Å². The minimum absolute atomic E-state index is 0.299. The summed E-state index contributed by atoms with van der Waals surface area (Å²) in [6.45, 7) is 6.73. The Hall–Kier alpha value is -2.17. The van der Waals surface area contributed by atoms with Crippen LogP contribution in [-0.2, 0) is 6.54 Å². The molecule has 0 bridgehead atoms. The Kier molecular flexibility index (Phi) is 3.64. The fourth-order valence-corrected chi connectivity index (χ4v) is 1.96. The summed E-state index contributed by atoms with van der Waals surface area (Å²) in [5, 5.41) is 17.1. The third kappa shape index (κ3) is 2.81. The predicted octanol–water partition coefficient (Wildman–Crippen LogP) is 2.46. The summed E-state index contributed by atoms with van der Waals surface area (Å²) >= 11 is 0. The van der Waals surface area contributed by atoms with Gasteiger partial charge in [-0.1, -0.05) is 26.0 Å². The molecule has 100 valence electrons. The van der Waals surface area contributed by atoms with Crippen molar-refractivity contribution >= 4 is 5.97 Å². The molecule has 2 aromatic rings. The Bertz CT molecular complexity index is 585. The molecule has 5 nitrogen and oxygen atoms in total. The zero-order valence-corrected chi connectivity index (χ0v) is 11.3. The molecule has 0 radical (unpaired) electrons. The summed E-state index contributed by atoms with van der Waals surface area (Å²) in [5.41, 5.74) is 1.34. The quantitative estimate of drug-likeness (QED) is 0.915. The maximum absolute atomic E-state index is 10.8. The van der Waals surface area contributed by atoms with Crippen molar-refractivity contribution in [1.82, 2.24) is 14.8 Å². The van der Waals surface area contributed by atoms with E-state index in [2.05, 4.69) is 28.6 Å². The number of hydrogen-bond donors (Lipinski definition) is 1. The van der Waals surface area contributed by atoms with Crippen molar-refractivity contribution in [3.63, 3.8) is 0 Å². The van der Waals surface area contributed by atoms with Crippen LogP contribution in [0.25, 0.3) is 0 Å². The van der Waals surface area contributed by atoms with Crippen molar-refractivity contribution in [1.29, 1.82) is 0 Å². The SMILES string of the molecule is Cc1nnc(C(C)C)n1Cc1ccc(C(=O)O)cc1. The van der Waals surface area contributed by atoms with Crippen molar-refractivity contribution in [2.24, 2.45) is 0 Å². The van der Waals surface area contributed by atoms with Crippen LogP contribution >= 0.6 is 0 Å². The molecule has 0 saturated carbocycles. The number of hydrogen-bond acceptors (Lipinski definition) is 3. The molecule has 1 aromatic carbocycles. The molecule has 0 atom stereocenters. The van der Waals surface area contributed by atoms with Gasteiger partial charge in [0.25, 0.3) is 0 Å². The summed E-state index contributed by atoms with van der Waals surface area (Å²) in [6, 6.07) is 6.89. The van der Waals surface area contributed by atoms with Gasteiger partial charge in [0.2, 0.25) is 0 Å². The van der Waals surface area contributed by atoms with Crippen molar-refractivity contribution in [2.75, 3.05) is 0 Å². The van der Waals surface area contributed by atoms with Gasteiger partial charge in [-0.05, 0) is 24.6 Å². The first-order valence-electron chi connectivity index (χ1n) is 6.21. The lowest BCUT2D eigenvalue weighted by Crippen LogP contribution is -2.08. The van der Waals surface area contributed by atoms with E-state index in [1.165, 1.54) is 0 Å². The molecule has 1 aromatic heterocycles. The zero-order valence-electron chi connectivity index (χ0n) is 11.3. The van der Waals surface area contributed by atoms with Gasteiger partial charge in [0.15, 0.2) is 0 Å². The van der Waals surface area contributed by atoms with E-state index in [0.717, 1.165) is 17.2 Å². The normalized spacial score (nSPS) is 10.9. The van der Waals surface area contributed by atoms with Crippen LogP contribution in [0.3, 0.4) is 0 Å². The minimum atomic E-state index is -0.908. The lowest BCUT2D eigenvalue weighted by molar-refractivity contribution is 0.0697. The molecule has 1 heterocycles. The molecular formula is C14H17N3O2. The summed E-state index contributed by atoms with van der Waals surface area (Å²) in [6.07, 6.45) is 0. The topological polar surface area (TPSA) is 68.0 Å². The Morgan fingerprint density at radius 2 is 1.89 bits per heavy atom. The van der Waals surface area contributed by atoms with Crippen LogP contribution in [0.2, 0.25) is 0 Å². The molecular weight excluding hydrogens is 242 g/mol. The van der Waals surface area contributed by atoms with Crippen molar-refractivity contribution in [3.8, 4) is 0 Å². The summed E-state index contributed by atoms with van der Waals surface area (Å²) < 4.78 is 2.06. The third-order valence-electron chi connectivity index (χ3n) is 3.02. The average molecular weight is 259 g/mol. The fourth-order valence-electron chi connectivity index (χ4n) is 1.96. The first-order chi connectivity index (χ1) is 8.99. The molecule has 0 fully saturated rings. The monoisotopic (exact) mass is 259 g/mol. The number of aromatic nitrogens is 3. The molecule has 0 saturated heterocycles. The van der Waals surface area contributed by atoms with Gasteiger partial charge < -0.3 is 9.67 Å². The zero-order chi connectivity index (χ0) is 14.0. The predicted molar refractivity (Wildman–Crippen MR) is 71.4 cm³/mol. The second kappa shape index (κ2) is 5.22. The maximum atomic E-state index is 10.8. The number of carbonyl (C=O) groups is 1. The highest BCUT2D eigenvalue weighted by molar-refractivity contribution is 5.87. The average Bonchev–Trinajstić information content (AvgIpc) is 2.72. The van der Waals surface area contributed by atoms with E-state index in [1.807, 2.05) is 19.1 Å². The number of rotatable bonds is 4. The van der Waals surface area contributed by atoms with Crippen LogP contribution in [0.1, 0.15) is 47.3 Å². The van der Waals surface area contributed by atoms with E-state index in [-0.39, 0.29) is 0 Å². The largest absolute Gasteiger partial charge is 0.478 e. The molecule has 5 heteroatoms. The van der Waals surface area contributed by atoms with Crippen LogP contribution in [-0.4, -0.2) is 25.8 Å². The third-order valence-corrected chi connectivity index (χ3v) is 3.02. The molecule has 0 aliphatic rings. The lowest BCUT2D eigenvalue weighted by Gasteiger charge is -2.11. The van der Waals surface area contributed by atoms with Crippen LogP contribution in [0, 0.1) is 6.92 Å². The Morgan fingerprint density at radius 3 is 2.42 bits per heavy atom. The molecule has 19 heavy (non-hydrogen) atoms. The Balaban J connectivity index is 2.26. The number of carboxylic acid groups (broad SMARTS) is 1. The van der Waals surface area contributed by atoms with Crippen molar-refractivity contribution in [2.45, 2.75) is 33.2 Å². The molecule has 2 rings (SSSR count). The fraction of sp³-hybridized carbons (Fsp3) is 0.357. The van der Waals surface area contributed by atoms with Crippen LogP contribution < -0.4 is 0 Å². The van der Waals surface area contributed by atoms with Gasteiger partial charge in [-0.25, -0.2) is 4.79 Å². The highest BCUT2D eigenvalue weighted by atomic mass is 16.4. The lowest BCUT2D eigenvalue weighted by atomic mass is 10.1. The highest BCUT2D eigenvalue weighted by Crippen LogP contribution is 2.15. The number of benzene rings is 1. The number of aromatic carboxylic acids is 1. The molecule has 0 amide bonds. The van der Waals surface area contributed by atoms with Crippen molar-refractivity contribution in [3.05, 3.63) is 47.0 Å². The van der Waals surface area contributed by atoms with Crippen LogP contribution in [0.15, 0.2) is 24.3 Å². The van der Waals surface area contributed by atoms with Crippen LogP contribution in [0.4, 0.5) is 0 Å². The van der Waals surface area contributed by atoms with E-state index in [9.17, 15) is 4.79 Å². The highest BCUT2D eigenvalue weighted by Gasteiger charge is 2.12. The summed E-state index contributed by atoms with van der Waals surface area (Å²) in [7, 11) is 0. The van der Waals surface area contributed by atoms with Gasteiger partial charge in [-0.15, -0.1) is 10.2 Å². The molecule has 0 aliphatic heterocycles. The van der Waals surface area contributed by atoms with E-state index in [4.69, 9.17) is 5.11 Å². The second-order valence-corrected chi connectivity index (χ2v) is 4.85. The first-order valence-corrected chi connectivity index (χ1v) is 6.21. The number of carboxylic acids is 1. The van der Waals surface area contributed by atoms with Crippen LogP contribution in [0.5, 0.6) is 0 Å². The Labute approximate surface area is 111 Å². The van der Waals surface area contributed by atoms with E-state index < -0.39 is 5.97 Å². The van der Waals surface area contributed by atoms with Gasteiger partial charge in [0, 0.05) is 5.92 Å². The second-order valence-electron chi connectivity index (χ2n) is 4.85. The smallest absolute Gasteiger partial charge is 0.335 e. The molecule has 0 spiro atoms. The van der Waals surface area contributed by atoms with Gasteiger partial charge in [0.05, 0.1) is 12.1 Å². The molecule has 1 N–H and O–H groups in total. The molecule has 0 aliphatic carbocycles. The Morgan fingerprint density at radius 1 is 1.26 bits per heavy atom. The summed E-state index contributed by atoms with van der Waals surface area (Å²) in [5.74, 6) is 1.21. The number of nitrogens with zero attached hydrogens (tertiary/aromatic N) is 3. The summed E-state index contributed by atoms with van der Waals surface area (Å²) in [4.78, 5) is 10.8. The maximum Gasteiger partial charge on any atom is 0.335 e. The minimum Gasteiger partial charge on any atom is -0.478 e. The van der Waals surface area contributed by atoms with Gasteiger partial charge in [-0.3, -0.25) is 0 Å². The van der Waals surface area contributed by atoms with E-state index >= 15 is 0 Å². The van der Waals surface area contributed by atoms with Gasteiger partial charge >= 0.3 is 5.97 Å².